The number of hydrogen-bond acceptors (Lipinski definition) is 2. The molecule has 0 aliphatic heterocycles. The Morgan fingerprint density at radius 3 is 2.38 bits per heavy atom. The third-order valence-electron chi connectivity index (χ3n) is 2.85. The second-order valence-corrected chi connectivity index (χ2v) is 3.99. The van der Waals surface area contributed by atoms with Crippen molar-refractivity contribution in [3.05, 3.63) is 35.4 Å². The van der Waals surface area contributed by atoms with Crippen molar-refractivity contribution in [1.82, 2.24) is 5.32 Å². The molecule has 0 aliphatic carbocycles. The van der Waals surface area contributed by atoms with E-state index < -0.39 is 0 Å². The highest BCUT2D eigenvalue weighted by molar-refractivity contribution is 5.25. The number of hydrogen-bond donors (Lipinski definition) is 1. The lowest BCUT2D eigenvalue weighted by Gasteiger charge is -2.18. The molecule has 1 rings (SSSR count). The Labute approximate surface area is 99.0 Å². The Balaban J connectivity index is 2.67. The van der Waals surface area contributed by atoms with Gasteiger partial charge in [-0.15, -0.1) is 0 Å². The lowest BCUT2D eigenvalue weighted by Crippen LogP contribution is -2.22. The van der Waals surface area contributed by atoms with Crippen molar-refractivity contribution in [2.75, 3.05) is 20.3 Å². The van der Waals surface area contributed by atoms with Gasteiger partial charge in [0, 0.05) is 19.8 Å². The number of aryl methyl sites for hydroxylation is 1. The lowest BCUT2D eigenvalue weighted by molar-refractivity contribution is 0.183. The molecule has 0 heterocycles. The summed E-state index contributed by atoms with van der Waals surface area (Å²) in [5.41, 5.74) is 2.75. The molecule has 2 heteroatoms. The average molecular weight is 221 g/mol. The molecule has 90 valence electrons. The molecule has 0 saturated carbocycles. The molecule has 0 bridgehead atoms. The minimum absolute atomic E-state index is 0.413. The smallest absolute Gasteiger partial charge is 0.0480 e. The van der Waals surface area contributed by atoms with Gasteiger partial charge in [-0.2, -0.15) is 0 Å². The summed E-state index contributed by atoms with van der Waals surface area (Å²) >= 11 is 0. The SMILES string of the molecule is CCNC(CCOC)c1ccc(CC)cc1. The van der Waals surface area contributed by atoms with E-state index in [0.717, 1.165) is 26.0 Å². The van der Waals surface area contributed by atoms with Crippen LogP contribution in [0.5, 0.6) is 0 Å². The van der Waals surface area contributed by atoms with E-state index in [9.17, 15) is 0 Å². The lowest BCUT2D eigenvalue weighted by atomic mass is 10.0. The zero-order valence-electron chi connectivity index (χ0n) is 10.6. The molecule has 1 aromatic rings. The summed E-state index contributed by atoms with van der Waals surface area (Å²) in [7, 11) is 1.75. The molecule has 0 aromatic heterocycles. The van der Waals surface area contributed by atoms with Crippen molar-refractivity contribution in [2.45, 2.75) is 32.7 Å². The summed E-state index contributed by atoms with van der Waals surface area (Å²) in [6.07, 6.45) is 2.13. The normalized spacial score (nSPS) is 12.7. The fourth-order valence-electron chi connectivity index (χ4n) is 1.85. The predicted octanol–water partition coefficient (Wildman–Crippen LogP) is 2.94. The van der Waals surface area contributed by atoms with E-state index in [0.29, 0.717) is 6.04 Å². The van der Waals surface area contributed by atoms with Crippen molar-refractivity contribution < 1.29 is 4.74 Å². The Kier molecular flexibility index (Phi) is 6.12. The van der Waals surface area contributed by atoms with Crippen LogP contribution in [0.4, 0.5) is 0 Å². The van der Waals surface area contributed by atoms with Crippen LogP contribution in [0.25, 0.3) is 0 Å². The minimum atomic E-state index is 0.413. The third-order valence-corrected chi connectivity index (χ3v) is 2.85. The van der Waals surface area contributed by atoms with Crippen LogP contribution < -0.4 is 5.32 Å². The van der Waals surface area contributed by atoms with Crippen LogP contribution in [-0.4, -0.2) is 20.3 Å². The molecule has 1 unspecified atom stereocenters. The van der Waals surface area contributed by atoms with E-state index in [1.807, 2.05) is 0 Å². The van der Waals surface area contributed by atoms with Crippen LogP contribution in [-0.2, 0) is 11.2 Å². The number of rotatable bonds is 7. The van der Waals surface area contributed by atoms with Crippen LogP contribution >= 0.6 is 0 Å². The summed E-state index contributed by atoms with van der Waals surface area (Å²) in [5.74, 6) is 0. The Bertz CT molecular complexity index is 281. The van der Waals surface area contributed by atoms with Crippen LogP contribution in [0, 0.1) is 0 Å². The van der Waals surface area contributed by atoms with Gasteiger partial charge in [-0.3, -0.25) is 0 Å². The zero-order valence-corrected chi connectivity index (χ0v) is 10.6. The van der Waals surface area contributed by atoms with Gasteiger partial charge in [0.2, 0.25) is 0 Å². The van der Waals surface area contributed by atoms with Gasteiger partial charge in [-0.05, 0) is 30.5 Å². The maximum atomic E-state index is 5.15. The molecule has 1 N–H and O–H groups in total. The summed E-state index contributed by atoms with van der Waals surface area (Å²) in [6, 6.07) is 9.29. The highest BCUT2D eigenvalue weighted by atomic mass is 16.5. The van der Waals surface area contributed by atoms with Crippen molar-refractivity contribution in [3.8, 4) is 0 Å². The molecule has 1 atom stereocenters. The molecule has 0 saturated heterocycles. The van der Waals surface area contributed by atoms with Gasteiger partial charge in [-0.1, -0.05) is 38.1 Å². The molecular formula is C14H23NO. The van der Waals surface area contributed by atoms with Crippen LogP contribution in [0.1, 0.15) is 37.4 Å². The van der Waals surface area contributed by atoms with Gasteiger partial charge in [0.25, 0.3) is 0 Å². The van der Waals surface area contributed by atoms with E-state index in [4.69, 9.17) is 4.74 Å². The highest BCUT2D eigenvalue weighted by Crippen LogP contribution is 2.17. The van der Waals surface area contributed by atoms with Gasteiger partial charge >= 0.3 is 0 Å². The second-order valence-electron chi connectivity index (χ2n) is 3.99. The second kappa shape index (κ2) is 7.42. The maximum Gasteiger partial charge on any atom is 0.0480 e. The van der Waals surface area contributed by atoms with Gasteiger partial charge in [0.05, 0.1) is 0 Å². The molecule has 0 aliphatic rings. The zero-order chi connectivity index (χ0) is 11.8. The van der Waals surface area contributed by atoms with E-state index in [1.165, 1.54) is 11.1 Å². The van der Waals surface area contributed by atoms with Crippen LogP contribution in [0.2, 0.25) is 0 Å². The highest BCUT2D eigenvalue weighted by Gasteiger charge is 2.09. The van der Waals surface area contributed by atoms with Crippen molar-refractivity contribution in [3.63, 3.8) is 0 Å². The topological polar surface area (TPSA) is 21.3 Å². The van der Waals surface area contributed by atoms with Crippen LogP contribution in [0.3, 0.4) is 0 Å². The summed E-state index contributed by atoms with van der Waals surface area (Å²) in [4.78, 5) is 0. The quantitative estimate of drug-likeness (QED) is 0.764. The molecule has 16 heavy (non-hydrogen) atoms. The first-order chi connectivity index (χ1) is 7.81. The summed E-state index contributed by atoms with van der Waals surface area (Å²) in [6.45, 7) is 6.11. The van der Waals surface area contributed by atoms with Crippen molar-refractivity contribution in [1.29, 1.82) is 0 Å². The van der Waals surface area contributed by atoms with Crippen molar-refractivity contribution in [2.24, 2.45) is 0 Å². The summed E-state index contributed by atoms with van der Waals surface area (Å²) in [5, 5.41) is 3.49. The minimum Gasteiger partial charge on any atom is -0.385 e. The van der Waals surface area contributed by atoms with Crippen LogP contribution in [0.15, 0.2) is 24.3 Å². The van der Waals surface area contributed by atoms with Gasteiger partial charge in [0.15, 0.2) is 0 Å². The molecule has 0 radical (unpaired) electrons. The van der Waals surface area contributed by atoms with Gasteiger partial charge < -0.3 is 10.1 Å². The average Bonchev–Trinajstić information content (AvgIpc) is 2.35. The molecule has 0 fully saturated rings. The Hall–Kier alpha value is -0.860. The monoisotopic (exact) mass is 221 g/mol. The maximum absolute atomic E-state index is 5.15. The largest absolute Gasteiger partial charge is 0.385 e. The number of methoxy groups -OCH3 is 1. The Morgan fingerprint density at radius 1 is 1.19 bits per heavy atom. The molecule has 0 amide bonds. The first-order valence-corrected chi connectivity index (χ1v) is 6.13. The van der Waals surface area contributed by atoms with E-state index in [2.05, 4.69) is 43.4 Å². The van der Waals surface area contributed by atoms with E-state index in [-0.39, 0.29) is 0 Å². The molecule has 0 spiro atoms. The third kappa shape index (κ3) is 3.95. The molecule has 1 aromatic carbocycles. The van der Waals surface area contributed by atoms with Gasteiger partial charge in [-0.25, -0.2) is 0 Å². The first kappa shape index (κ1) is 13.2. The molecule has 2 nitrogen and oxygen atoms in total. The predicted molar refractivity (Wildman–Crippen MR) is 68.7 cm³/mol. The van der Waals surface area contributed by atoms with E-state index >= 15 is 0 Å². The number of benzene rings is 1. The van der Waals surface area contributed by atoms with Gasteiger partial charge in [0.1, 0.15) is 0 Å². The summed E-state index contributed by atoms with van der Waals surface area (Å²) < 4.78 is 5.15. The molecular weight excluding hydrogens is 198 g/mol. The fraction of sp³-hybridized carbons (Fsp3) is 0.571. The Morgan fingerprint density at radius 2 is 1.88 bits per heavy atom. The first-order valence-electron chi connectivity index (χ1n) is 6.13. The van der Waals surface area contributed by atoms with E-state index in [1.54, 1.807) is 7.11 Å². The fourth-order valence-corrected chi connectivity index (χ4v) is 1.85. The number of nitrogens with one attached hydrogen (secondary N) is 1. The standard InChI is InChI=1S/C14H23NO/c1-4-12-6-8-13(9-7-12)14(15-5-2)10-11-16-3/h6-9,14-15H,4-5,10-11H2,1-3H3. The number of ether oxygens (including phenoxy) is 1. The van der Waals surface area contributed by atoms with Crippen molar-refractivity contribution >= 4 is 0 Å².